The summed E-state index contributed by atoms with van der Waals surface area (Å²) in [5, 5.41) is 1.98. The second kappa shape index (κ2) is 6.32. The maximum Gasteiger partial charge on any atom is 0.216 e. The van der Waals surface area contributed by atoms with Crippen molar-refractivity contribution in [1.29, 1.82) is 0 Å². The largest absolute Gasteiger partial charge is 0.468 e. The summed E-state index contributed by atoms with van der Waals surface area (Å²) >= 11 is 5.77. The van der Waals surface area contributed by atoms with Crippen LogP contribution >= 0.6 is 11.6 Å². The number of hydrogen-bond donors (Lipinski definition) is 1. The topological polar surface area (TPSA) is 76.4 Å². The maximum absolute atomic E-state index is 12.7. The summed E-state index contributed by atoms with van der Waals surface area (Å²) in [6.45, 7) is 1.27. The molecule has 0 radical (unpaired) electrons. The van der Waals surface area contributed by atoms with Gasteiger partial charge in [-0.3, -0.25) is 4.79 Å². The Bertz CT molecular complexity index is 708. The molecule has 0 unspecified atom stereocenters. The van der Waals surface area contributed by atoms with E-state index >= 15 is 0 Å². The molecule has 1 aromatic heterocycles. The van der Waals surface area contributed by atoms with Gasteiger partial charge in [0.2, 0.25) is 5.91 Å². The molecular weight excluding hydrogens is 314 g/mol. The monoisotopic (exact) mass is 327 g/mol. The number of carbonyl (C=O) groups is 1. The second-order valence-corrected chi connectivity index (χ2v) is 7.01. The molecule has 2 rings (SSSR count). The zero-order valence-electron chi connectivity index (χ0n) is 11.2. The molecule has 112 valence electrons. The number of nitrogens with one attached hydrogen (secondary N) is 1. The molecule has 0 saturated carbocycles. The summed E-state index contributed by atoms with van der Waals surface area (Å²) in [7, 11) is -3.70. The lowest BCUT2D eigenvalue weighted by Crippen LogP contribution is -2.30. The number of carbonyl (C=O) groups excluding carboxylic acids is 1. The van der Waals surface area contributed by atoms with Crippen LogP contribution in [0, 0.1) is 0 Å². The van der Waals surface area contributed by atoms with E-state index < -0.39 is 15.1 Å². The third kappa shape index (κ3) is 3.65. The van der Waals surface area contributed by atoms with Crippen molar-refractivity contribution >= 4 is 27.3 Å². The number of benzene rings is 1. The molecule has 0 aliphatic rings. The van der Waals surface area contributed by atoms with E-state index in [0.717, 1.165) is 0 Å². The van der Waals surface area contributed by atoms with Crippen molar-refractivity contribution < 1.29 is 17.6 Å². The fourth-order valence-corrected chi connectivity index (χ4v) is 3.58. The zero-order chi connectivity index (χ0) is 15.5. The molecule has 1 aromatic carbocycles. The van der Waals surface area contributed by atoms with E-state index in [1.165, 1.54) is 37.5 Å². The smallest absolute Gasteiger partial charge is 0.216 e. The van der Waals surface area contributed by atoms with Gasteiger partial charge >= 0.3 is 0 Å². The Kier molecular flexibility index (Phi) is 4.69. The molecule has 5 nitrogen and oxygen atoms in total. The zero-order valence-corrected chi connectivity index (χ0v) is 12.8. The van der Waals surface area contributed by atoms with Crippen molar-refractivity contribution in [3.05, 3.63) is 53.4 Å². The molecule has 0 aliphatic heterocycles. The normalized spacial score (nSPS) is 12.9. The molecule has 0 bridgehead atoms. The highest BCUT2D eigenvalue weighted by Crippen LogP contribution is 2.29. The lowest BCUT2D eigenvalue weighted by molar-refractivity contribution is -0.118. The van der Waals surface area contributed by atoms with Gasteiger partial charge in [-0.2, -0.15) is 0 Å². The minimum atomic E-state index is -3.70. The SMILES string of the molecule is CC(=O)NC[C@H](c1ccco1)S(=O)(=O)c1ccc(Cl)cc1. The van der Waals surface area contributed by atoms with Gasteiger partial charge in [-0.05, 0) is 36.4 Å². The Morgan fingerprint density at radius 2 is 1.95 bits per heavy atom. The molecule has 1 amide bonds. The van der Waals surface area contributed by atoms with Crippen molar-refractivity contribution in [3.8, 4) is 0 Å². The number of hydrogen-bond acceptors (Lipinski definition) is 4. The summed E-state index contributed by atoms with van der Waals surface area (Å²) < 4.78 is 30.6. The average molecular weight is 328 g/mol. The second-order valence-electron chi connectivity index (χ2n) is 4.44. The van der Waals surface area contributed by atoms with Crippen molar-refractivity contribution in [2.75, 3.05) is 6.54 Å². The highest BCUT2D eigenvalue weighted by molar-refractivity contribution is 7.91. The molecule has 0 saturated heterocycles. The van der Waals surface area contributed by atoms with Crippen molar-refractivity contribution in [2.24, 2.45) is 0 Å². The predicted octanol–water partition coefficient (Wildman–Crippen LogP) is 2.58. The molecule has 21 heavy (non-hydrogen) atoms. The number of sulfone groups is 1. The summed E-state index contributed by atoms with van der Waals surface area (Å²) in [6.07, 6.45) is 1.40. The van der Waals surface area contributed by atoms with Crippen LogP contribution in [0.4, 0.5) is 0 Å². The van der Waals surface area contributed by atoms with Gasteiger partial charge in [-0.25, -0.2) is 8.42 Å². The first-order chi connectivity index (χ1) is 9.91. The average Bonchev–Trinajstić information content (AvgIpc) is 2.92. The highest BCUT2D eigenvalue weighted by Gasteiger charge is 2.31. The third-order valence-electron chi connectivity index (χ3n) is 2.91. The Morgan fingerprint density at radius 1 is 1.29 bits per heavy atom. The van der Waals surface area contributed by atoms with E-state index in [-0.39, 0.29) is 23.1 Å². The maximum atomic E-state index is 12.7. The molecule has 1 N–H and O–H groups in total. The summed E-state index contributed by atoms with van der Waals surface area (Å²) in [6, 6.07) is 9.05. The molecule has 0 spiro atoms. The minimum Gasteiger partial charge on any atom is -0.468 e. The Morgan fingerprint density at radius 3 is 2.48 bits per heavy atom. The van der Waals surface area contributed by atoms with Gasteiger partial charge in [-0.15, -0.1) is 0 Å². The fourth-order valence-electron chi connectivity index (χ4n) is 1.86. The Balaban J connectivity index is 2.39. The lowest BCUT2D eigenvalue weighted by atomic mass is 10.3. The van der Waals surface area contributed by atoms with Crippen LogP contribution in [-0.4, -0.2) is 20.9 Å². The molecule has 1 heterocycles. The van der Waals surface area contributed by atoms with Crippen LogP contribution in [0.25, 0.3) is 0 Å². The van der Waals surface area contributed by atoms with Gasteiger partial charge in [0.15, 0.2) is 9.84 Å². The van der Waals surface area contributed by atoms with E-state index in [4.69, 9.17) is 16.0 Å². The number of halogens is 1. The summed E-state index contributed by atoms with van der Waals surface area (Å²) in [5.41, 5.74) is 0. The van der Waals surface area contributed by atoms with Gasteiger partial charge in [0.1, 0.15) is 11.0 Å². The van der Waals surface area contributed by atoms with Crippen molar-refractivity contribution in [3.63, 3.8) is 0 Å². The molecule has 1 atom stereocenters. The van der Waals surface area contributed by atoms with Crippen LogP contribution in [0.2, 0.25) is 5.02 Å². The lowest BCUT2D eigenvalue weighted by Gasteiger charge is -2.16. The number of amides is 1. The van der Waals surface area contributed by atoms with E-state index in [9.17, 15) is 13.2 Å². The molecular formula is C14H14ClNO4S. The predicted molar refractivity (Wildman–Crippen MR) is 78.8 cm³/mol. The first-order valence-electron chi connectivity index (χ1n) is 6.18. The van der Waals surface area contributed by atoms with Gasteiger partial charge in [0.25, 0.3) is 0 Å². The van der Waals surface area contributed by atoms with Gasteiger partial charge < -0.3 is 9.73 Å². The molecule has 7 heteroatoms. The van der Waals surface area contributed by atoms with Crippen LogP contribution in [0.15, 0.2) is 52.0 Å². The van der Waals surface area contributed by atoms with Gasteiger partial charge in [0, 0.05) is 18.5 Å². The summed E-state index contributed by atoms with van der Waals surface area (Å²) in [5.74, 6) is -0.0310. The standard InChI is InChI=1S/C14H14ClNO4S/c1-10(17)16-9-14(13-3-2-8-20-13)21(18,19)12-6-4-11(15)5-7-12/h2-8,14H,9H2,1H3,(H,16,17)/t14-/m1/s1. The molecule has 0 aliphatic carbocycles. The van der Waals surface area contributed by atoms with E-state index in [1.807, 2.05) is 0 Å². The first kappa shape index (κ1) is 15.6. The highest BCUT2D eigenvalue weighted by atomic mass is 35.5. The summed E-state index contributed by atoms with van der Waals surface area (Å²) in [4.78, 5) is 11.2. The third-order valence-corrected chi connectivity index (χ3v) is 5.24. The van der Waals surface area contributed by atoms with E-state index in [2.05, 4.69) is 5.32 Å². The van der Waals surface area contributed by atoms with Crippen LogP contribution in [0.3, 0.4) is 0 Å². The van der Waals surface area contributed by atoms with Crippen molar-refractivity contribution in [2.45, 2.75) is 17.1 Å². The molecule has 0 fully saturated rings. The van der Waals surface area contributed by atoms with Gasteiger partial charge in [0.05, 0.1) is 11.2 Å². The minimum absolute atomic E-state index is 0.0617. The molecule has 2 aromatic rings. The number of rotatable bonds is 5. The first-order valence-corrected chi connectivity index (χ1v) is 8.11. The Hall–Kier alpha value is -1.79. The van der Waals surface area contributed by atoms with E-state index in [0.29, 0.717) is 5.02 Å². The quantitative estimate of drug-likeness (QED) is 0.915. The van der Waals surface area contributed by atoms with Crippen LogP contribution in [-0.2, 0) is 14.6 Å². The van der Waals surface area contributed by atoms with E-state index in [1.54, 1.807) is 12.1 Å². The Labute approximate surface area is 127 Å². The number of furan rings is 1. The van der Waals surface area contributed by atoms with Crippen LogP contribution in [0.1, 0.15) is 17.9 Å². The van der Waals surface area contributed by atoms with Crippen LogP contribution < -0.4 is 5.32 Å². The van der Waals surface area contributed by atoms with Crippen LogP contribution in [0.5, 0.6) is 0 Å². The fraction of sp³-hybridized carbons (Fsp3) is 0.214. The van der Waals surface area contributed by atoms with Crippen molar-refractivity contribution in [1.82, 2.24) is 5.32 Å². The van der Waals surface area contributed by atoms with Gasteiger partial charge in [-0.1, -0.05) is 11.6 Å².